The summed E-state index contributed by atoms with van der Waals surface area (Å²) < 4.78 is 2.00. The molecule has 0 radical (unpaired) electrons. The minimum absolute atomic E-state index is 0.0720. The third-order valence-corrected chi connectivity index (χ3v) is 5.43. The molecule has 3 heterocycles. The lowest BCUT2D eigenvalue weighted by Crippen LogP contribution is -2.46. The fourth-order valence-corrected chi connectivity index (χ4v) is 4.05. The van der Waals surface area contributed by atoms with E-state index in [-0.39, 0.29) is 17.9 Å². The molecule has 24 heavy (non-hydrogen) atoms. The van der Waals surface area contributed by atoms with E-state index in [1.54, 1.807) is 6.20 Å². The first-order valence-electron chi connectivity index (χ1n) is 9.01. The Morgan fingerprint density at radius 1 is 1.25 bits per heavy atom. The van der Waals surface area contributed by atoms with Crippen LogP contribution in [0.5, 0.6) is 0 Å². The Morgan fingerprint density at radius 3 is 2.92 bits per heavy atom. The van der Waals surface area contributed by atoms with E-state index in [1.807, 2.05) is 20.5 Å². The number of nitrogens with zero attached hydrogens (tertiary/aromatic N) is 4. The van der Waals surface area contributed by atoms with Crippen LogP contribution in [0.25, 0.3) is 0 Å². The molecule has 6 nitrogen and oxygen atoms in total. The van der Waals surface area contributed by atoms with Gasteiger partial charge in [0.25, 0.3) is 0 Å². The molecule has 1 aliphatic carbocycles. The molecule has 0 saturated carbocycles. The van der Waals surface area contributed by atoms with Gasteiger partial charge in [0.2, 0.25) is 11.8 Å². The lowest BCUT2D eigenvalue weighted by Gasteiger charge is -2.33. The smallest absolute Gasteiger partial charge is 0.250 e. The first-order chi connectivity index (χ1) is 11.7. The van der Waals surface area contributed by atoms with E-state index in [1.165, 1.54) is 0 Å². The molecule has 1 atom stereocenters. The van der Waals surface area contributed by atoms with Crippen LogP contribution in [0.4, 0.5) is 0 Å². The van der Waals surface area contributed by atoms with E-state index in [9.17, 15) is 9.59 Å². The molecular formula is C18H24N4O2. The van der Waals surface area contributed by atoms with Crippen LogP contribution in [0, 0.1) is 0 Å². The highest BCUT2D eigenvalue weighted by Gasteiger charge is 2.33. The van der Waals surface area contributed by atoms with Crippen LogP contribution in [0.15, 0.2) is 23.9 Å². The van der Waals surface area contributed by atoms with E-state index in [0.29, 0.717) is 19.5 Å². The summed E-state index contributed by atoms with van der Waals surface area (Å²) in [6.07, 6.45) is 9.27. The first kappa shape index (κ1) is 15.4. The average Bonchev–Trinajstić information content (AvgIpc) is 3.30. The van der Waals surface area contributed by atoms with Crippen molar-refractivity contribution in [2.24, 2.45) is 0 Å². The number of carbonyl (C=O) groups is 2. The number of aromatic nitrogens is 2. The second-order valence-corrected chi connectivity index (χ2v) is 6.99. The lowest BCUT2D eigenvalue weighted by molar-refractivity contribution is -0.134. The van der Waals surface area contributed by atoms with Gasteiger partial charge in [0.1, 0.15) is 0 Å². The second-order valence-electron chi connectivity index (χ2n) is 6.99. The number of hydrogen-bond acceptors (Lipinski definition) is 3. The number of allylic oxidation sites excluding steroid dienone is 1. The van der Waals surface area contributed by atoms with Gasteiger partial charge in [0.15, 0.2) is 0 Å². The van der Waals surface area contributed by atoms with Gasteiger partial charge >= 0.3 is 0 Å². The lowest BCUT2D eigenvalue weighted by atomic mass is 10.1. The predicted octanol–water partition coefficient (Wildman–Crippen LogP) is 1.72. The zero-order valence-corrected chi connectivity index (χ0v) is 14.0. The van der Waals surface area contributed by atoms with Crippen molar-refractivity contribution in [1.82, 2.24) is 19.6 Å². The maximum absolute atomic E-state index is 13.1. The van der Waals surface area contributed by atoms with Crippen LogP contribution < -0.4 is 0 Å². The van der Waals surface area contributed by atoms with Crippen LogP contribution in [-0.2, 0) is 22.7 Å². The Balaban J connectivity index is 1.58. The summed E-state index contributed by atoms with van der Waals surface area (Å²) in [7, 11) is 0. The van der Waals surface area contributed by atoms with Crippen LogP contribution in [0.2, 0.25) is 0 Å². The number of likely N-dealkylation sites (tertiary alicyclic amines) is 1. The van der Waals surface area contributed by atoms with Gasteiger partial charge in [0.05, 0.1) is 18.3 Å². The molecule has 0 N–H and O–H groups in total. The molecule has 4 rings (SSSR count). The zero-order chi connectivity index (χ0) is 16.5. The monoisotopic (exact) mass is 328 g/mol. The first-order valence-corrected chi connectivity index (χ1v) is 9.01. The Labute approximate surface area is 142 Å². The molecule has 0 unspecified atom stereocenters. The summed E-state index contributed by atoms with van der Waals surface area (Å²) in [6.45, 7) is 2.87. The minimum Gasteiger partial charge on any atom is -0.341 e. The van der Waals surface area contributed by atoms with Crippen LogP contribution in [0.1, 0.15) is 44.2 Å². The number of amides is 2. The predicted molar refractivity (Wildman–Crippen MR) is 88.9 cm³/mol. The Bertz CT molecular complexity index is 678. The topological polar surface area (TPSA) is 58.4 Å². The molecule has 2 aliphatic heterocycles. The molecule has 0 bridgehead atoms. The SMILES string of the molecule is O=C1CCCN1C[C@H]1CCn2nccc2CN1C(=O)C1=CCCC1. The Kier molecular flexibility index (Phi) is 4.12. The highest BCUT2D eigenvalue weighted by Crippen LogP contribution is 2.26. The number of rotatable bonds is 3. The average molecular weight is 328 g/mol. The van der Waals surface area contributed by atoms with Crippen molar-refractivity contribution in [1.29, 1.82) is 0 Å². The van der Waals surface area contributed by atoms with Crippen molar-refractivity contribution in [2.45, 2.75) is 57.7 Å². The normalized spacial score (nSPS) is 24.1. The molecule has 1 aromatic heterocycles. The molecule has 0 spiro atoms. The molecule has 128 valence electrons. The molecule has 0 aromatic carbocycles. The van der Waals surface area contributed by atoms with Gasteiger partial charge < -0.3 is 9.80 Å². The fourth-order valence-electron chi connectivity index (χ4n) is 4.05. The zero-order valence-electron chi connectivity index (χ0n) is 14.0. The van der Waals surface area contributed by atoms with Crippen molar-refractivity contribution in [3.05, 3.63) is 29.6 Å². The third kappa shape index (κ3) is 2.85. The number of carbonyl (C=O) groups excluding carboxylic acids is 2. The molecule has 6 heteroatoms. The van der Waals surface area contributed by atoms with Crippen LogP contribution in [-0.4, -0.2) is 50.5 Å². The highest BCUT2D eigenvalue weighted by atomic mass is 16.2. The van der Waals surface area contributed by atoms with Gasteiger partial charge in [-0.05, 0) is 38.2 Å². The van der Waals surface area contributed by atoms with E-state index in [2.05, 4.69) is 11.2 Å². The van der Waals surface area contributed by atoms with Gasteiger partial charge in [-0.15, -0.1) is 0 Å². The number of hydrogen-bond donors (Lipinski definition) is 0. The van der Waals surface area contributed by atoms with E-state index in [4.69, 9.17) is 0 Å². The summed E-state index contributed by atoms with van der Waals surface area (Å²) in [5, 5.41) is 4.37. The van der Waals surface area contributed by atoms with E-state index in [0.717, 1.165) is 56.5 Å². The van der Waals surface area contributed by atoms with Gasteiger partial charge in [0, 0.05) is 37.8 Å². The Morgan fingerprint density at radius 2 is 2.17 bits per heavy atom. The summed E-state index contributed by atoms with van der Waals surface area (Å²) in [5.74, 6) is 0.378. The van der Waals surface area contributed by atoms with Crippen molar-refractivity contribution in [2.75, 3.05) is 13.1 Å². The van der Waals surface area contributed by atoms with Crippen LogP contribution >= 0.6 is 0 Å². The number of fused-ring (bicyclic) bond motifs is 1. The van der Waals surface area contributed by atoms with Crippen molar-refractivity contribution in [3.63, 3.8) is 0 Å². The maximum Gasteiger partial charge on any atom is 0.250 e. The second kappa shape index (κ2) is 6.42. The Hall–Kier alpha value is -2.11. The molecule has 3 aliphatic rings. The third-order valence-electron chi connectivity index (χ3n) is 5.43. The van der Waals surface area contributed by atoms with Gasteiger partial charge in [-0.3, -0.25) is 14.3 Å². The summed E-state index contributed by atoms with van der Waals surface area (Å²) in [5.41, 5.74) is 2.03. The quantitative estimate of drug-likeness (QED) is 0.849. The summed E-state index contributed by atoms with van der Waals surface area (Å²) in [6, 6.07) is 2.06. The van der Waals surface area contributed by atoms with Crippen LogP contribution in [0.3, 0.4) is 0 Å². The summed E-state index contributed by atoms with van der Waals surface area (Å²) in [4.78, 5) is 29.0. The maximum atomic E-state index is 13.1. The minimum atomic E-state index is 0.0720. The van der Waals surface area contributed by atoms with Gasteiger partial charge in [-0.25, -0.2) is 0 Å². The van der Waals surface area contributed by atoms with Gasteiger partial charge in [-0.2, -0.15) is 5.10 Å². The van der Waals surface area contributed by atoms with Crippen molar-refractivity contribution in [3.8, 4) is 0 Å². The molecule has 1 aromatic rings. The largest absolute Gasteiger partial charge is 0.341 e. The van der Waals surface area contributed by atoms with E-state index < -0.39 is 0 Å². The molecule has 1 saturated heterocycles. The van der Waals surface area contributed by atoms with Crippen molar-refractivity contribution < 1.29 is 9.59 Å². The van der Waals surface area contributed by atoms with Crippen molar-refractivity contribution >= 4 is 11.8 Å². The highest BCUT2D eigenvalue weighted by molar-refractivity contribution is 5.94. The standard InChI is InChI=1S/C18H24N4O2/c23-17-6-3-10-20(17)12-15-8-11-22-16(7-9-19-22)13-21(15)18(24)14-4-1-2-5-14/h4,7,9,15H,1-3,5-6,8,10-13H2/t15-/m1/s1. The molecule has 1 fully saturated rings. The molecule has 2 amide bonds. The molecular weight excluding hydrogens is 304 g/mol. The fraction of sp³-hybridized carbons (Fsp3) is 0.611. The number of aryl methyl sites for hydroxylation is 1. The summed E-state index contributed by atoms with van der Waals surface area (Å²) >= 11 is 0. The van der Waals surface area contributed by atoms with Gasteiger partial charge in [-0.1, -0.05) is 6.08 Å². The van der Waals surface area contributed by atoms with E-state index >= 15 is 0 Å².